The van der Waals surface area contributed by atoms with E-state index in [-0.39, 0.29) is 0 Å². The molecule has 0 radical (unpaired) electrons. The lowest BCUT2D eigenvalue weighted by atomic mass is 9.80. The van der Waals surface area contributed by atoms with Gasteiger partial charge in [0.05, 0.1) is 16.9 Å². The zero-order valence-electron chi connectivity index (χ0n) is 18.7. The molecule has 1 aromatic carbocycles. The molecule has 0 aliphatic carbocycles. The van der Waals surface area contributed by atoms with E-state index in [1.807, 2.05) is 25.3 Å². The Labute approximate surface area is 196 Å². The first-order chi connectivity index (χ1) is 16.4. The Bertz CT molecular complexity index is 1400. The van der Waals surface area contributed by atoms with Gasteiger partial charge < -0.3 is 30.8 Å². The van der Waals surface area contributed by atoms with Crippen molar-refractivity contribution in [3.63, 3.8) is 0 Å². The van der Waals surface area contributed by atoms with Crippen LogP contribution in [0.5, 0.6) is 0 Å². The first kappa shape index (κ1) is 21.9. The van der Waals surface area contributed by atoms with Crippen molar-refractivity contribution in [3.8, 4) is 11.4 Å². The van der Waals surface area contributed by atoms with Crippen molar-refractivity contribution in [2.45, 2.75) is 26.3 Å². The first-order valence-corrected chi connectivity index (χ1v) is 11.2. The van der Waals surface area contributed by atoms with E-state index in [2.05, 4.69) is 10.6 Å². The van der Waals surface area contributed by atoms with Crippen LogP contribution in [0, 0.1) is 6.92 Å². The number of aryl methyl sites for hydroxylation is 2. The van der Waals surface area contributed by atoms with Gasteiger partial charge in [0.15, 0.2) is 11.6 Å². The van der Waals surface area contributed by atoms with Crippen molar-refractivity contribution >= 4 is 35.5 Å². The number of fused-ring (bicyclic) bond motifs is 2. The van der Waals surface area contributed by atoms with E-state index in [0.29, 0.717) is 29.3 Å². The molecule has 5 rings (SSSR count). The lowest BCUT2D eigenvalue weighted by Crippen LogP contribution is -2.30. The van der Waals surface area contributed by atoms with E-state index in [1.54, 1.807) is 34.7 Å². The summed E-state index contributed by atoms with van der Waals surface area (Å²) in [5.41, 5.74) is 11.7. The van der Waals surface area contributed by atoms with Gasteiger partial charge in [-0.25, -0.2) is 9.97 Å². The van der Waals surface area contributed by atoms with Crippen molar-refractivity contribution in [1.29, 1.82) is 0 Å². The van der Waals surface area contributed by atoms with Crippen LogP contribution in [0.3, 0.4) is 0 Å². The van der Waals surface area contributed by atoms with Crippen LogP contribution in [-0.2, 0) is 13.0 Å². The van der Waals surface area contributed by atoms with Gasteiger partial charge in [-0.15, -0.1) is 0 Å². The topological polar surface area (TPSA) is 138 Å². The summed E-state index contributed by atoms with van der Waals surface area (Å²) in [6, 6.07) is 12.5. The molecule has 0 spiro atoms. The molecule has 9 nitrogen and oxygen atoms in total. The van der Waals surface area contributed by atoms with Crippen LogP contribution in [0.1, 0.15) is 33.7 Å². The molecule has 1 aliphatic heterocycles. The van der Waals surface area contributed by atoms with E-state index >= 15 is 0 Å². The summed E-state index contributed by atoms with van der Waals surface area (Å²) in [4.78, 5) is 21.7. The molecule has 172 valence electrons. The molecule has 10 heteroatoms. The second kappa shape index (κ2) is 8.81. The highest BCUT2D eigenvalue weighted by Gasteiger charge is 2.22. The van der Waals surface area contributed by atoms with Crippen molar-refractivity contribution in [1.82, 2.24) is 14.4 Å². The molecule has 4 aromatic rings. The van der Waals surface area contributed by atoms with E-state index < -0.39 is 13.0 Å². The highest BCUT2D eigenvalue weighted by atomic mass is 16.4. The Morgan fingerprint density at radius 3 is 2.85 bits per heavy atom. The lowest BCUT2D eigenvalue weighted by Gasteiger charge is -2.21. The van der Waals surface area contributed by atoms with Crippen molar-refractivity contribution in [3.05, 3.63) is 71.2 Å². The number of nitrogens with one attached hydrogen (secondary N) is 2. The second-order valence-corrected chi connectivity index (χ2v) is 8.44. The van der Waals surface area contributed by atoms with Crippen LogP contribution in [0.2, 0.25) is 0 Å². The van der Waals surface area contributed by atoms with Crippen LogP contribution in [-0.4, -0.2) is 44.0 Å². The highest BCUT2D eigenvalue weighted by Crippen LogP contribution is 2.34. The van der Waals surface area contributed by atoms with Crippen LogP contribution in [0.4, 0.5) is 11.5 Å². The normalized spacial score (nSPS) is 12.8. The minimum absolute atomic E-state index is 0.399. The van der Waals surface area contributed by atoms with Gasteiger partial charge in [0, 0.05) is 24.8 Å². The number of carbonyl (C=O) groups is 1. The maximum Gasteiger partial charge on any atom is 0.488 e. The van der Waals surface area contributed by atoms with Gasteiger partial charge in [0.1, 0.15) is 5.69 Å². The zero-order chi connectivity index (χ0) is 23.8. The highest BCUT2D eigenvalue weighted by molar-refractivity contribution is 6.58. The molecule has 1 aliphatic rings. The van der Waals surface area contributed by atoms with Gasteiger partial charge in [-0.1, -0.05) is 30.3 Å². The molecule has 4 heterocycles. The van der Waals surface area contributed by atoms with Gasteiger partial charge in [-0.05, 0) is 48.5 Å². The number of rotatable bonds is 6. The smallest absolute Gasteiger partial charge is 0.423 e. The number of anilines is 2. The first-order valence-electron chi connectivity index (χ1n) is 11.2. The van der Waals surface area contributed by atoms with Crippen molar-refractivity contribution in [2.75, 3.05) is 17.2 Å². The third kappa shape index (κ3) is 3.97. The molecule has 0 saturated carbocycles. The Hall–Kier alpha value is -3.89. The molecule has 0 atom stereocenters. The summed E-state index contributed by atoms with van der Waals surface area (Å²) >= 11 is 0. The number of nitrogens with zero attached hydrogens (tertiary/aromatic N) is 3. The van der Waals surface area contributed by atoms with Crippen LogP contribution in [0.15, 0.2) is 48.7 Å². The molecule has 0 unspecified atom stereocenters. The number of hydrogen-bond donors (Lipinski definition) is 5. The summed E-state index contributed by atoms with van der Waals surface area (Å²) < 4.78 is 1.78. The second-order valence-electron chi connectivity index (χ2n) is 8.44. The standard InChI is InChI=1S/C24H25BN6O3/c1-14-13-31-18(8-3-9-19(31)22(26)32)20(14)23-29-17-7-4-10-27-21(17)24(30-23)28-12-15-5-2-6-16(11-15)25(33)34/h2-3,5-6,8-9,11,13,27,33-34H,4,7,10,12H2,1H3,(H2,26,32)(H,28,29,30). The van der Waals surface area contributed by atoms with Gasteiger partial charge in [-0.3, -0.25) is 4.79 Å². The number of nitrogens with two attached hydrogens (primary N) is 1. The summed E-state index contributed by atoms with van der Waals surface area (Å²) in [5, 5.41) is 25.8. The number of pyridine rings is 1. The fourth-order valence-electron chi connectivity index (χ4n) is 4.45. The molecular weight excluding hydrogens is 431 g/mol. The lowest BCUT2D eigenvalue weighted by molar-refractivity contribution is 0.0994. The summed E-state index contributed by atoms with van der Waals surface area (Å²) in [5.74, 6) is 0.755. The Balaban J connectivity index is 1.57. The van der Waals surface area contributed by atoms with Gasteiger partial charge in [-0.2, -0.15) is 0 Å². The predicted octanol–water partition coefficient (Wildman–Crippen LogP) is 1.45. The summed E-state index contributed by atoms with van der Waals surface area (Å²) in [7, 11) is -1.52. The maximum atomic E-state index is 11.9. The third-order valence-corrected chi connectivity index (χ3v) is 6.06. The number of hydrogen-bond acceptors (Lipinski definition) is 7. The molecule has 0 bridgehead atoms. The van der Waals surface area contributed by atoms with Crippen LogP contribution >= 0.6 is 0 Å². The number of benzene rings is 1. The number of primary amides is 1. The molecule has 3 aromatic heterocycles. The molecular formula is C24H25BN6O3. The average molecular weight is 456 g/mol. The Morgan fingerprint density at radius 1 is 1.24 bits per heavy atom. The molecule has 34 heavy (non-hydrogen) atoms. The van der Waals surface area contributed by atoms with Gasteiger partial charge in [0.25, 0.3) is 5.91 Å². The van der Waals surface area contributed by atoms with Crippen LogP contribution in [0.25, 0.3) is 16.9 Å². The van der Waals surface area contributed by atoms with E-state index in [4.69, 9.17) is 15.7 Å². The quantitative estimate of drug-likeness (QED) is 0.277. The minimum atomic E-state index is -1.52. The predicted molar refractivity (Wildman–Crippen MR) is 132 cm³/mol. The minimum Gasteiger partial charge on any atom is -0.423 e. The number of amides is 1. The average Bonchev–Trinajstić information content (AvgIpc) is 3.18. The molecule has 0 fully saturated rings. The monoisotopic (exact) mass is 456 g/mol. The van der Waals surface area contributed by atoms with E-state index in [1.165, 1.54) is 0 Å². The van der Waals surface area contributed by atoms with E-state index in [9.17, 15) is 14.8 Å². The van der Waals surface area contributed by atoms with Crippen molar-refractivity contribution in [2.24, 2.45) is 5.73 Å². The molecule has 1 amide bonds. The zero-order valence-corrected chi connectivity index (χ0v) is 18.7. The largest absolute Gasteiger partial charge is 0.488 e. The molecule has 0 saturated heterocycles. The SMILES string of the molecule is Cc1cn2c(C(N)=O)cccc2c1-c1nc2c(c(NCc3cccc(B(O)O)c3)n1)NCCC2. The Morgan fingerprint density at radius 2 is 2.06 bits per heavy atom. The molecule has 6 N–H and O–H groups in total. The fourth-order valence-corrected chi connectivity index (χ4v) is 4.45. The van der Waals surface area contributed by atoms with Crippen molar-refractivity contribution < 1.29 is 14.8 Å². The Kier molecular flexibility index (Phi) is 5.68. The number of carbonyl (C=O) groups excluding carboxylic acids is 1. The summed E-state index contributed by atoms with van der Waals surface area (Å²) in [6.45, 7) is 3.26. The summed E-state index contributed by atoms with van der Waals surface area (Å²) in [6.07, 6.45) is 3.68. The fraction of sp³-hybridized carbons (Fsp3) is 0.208. The van der Waals surface area contributed by atoms with E-state index in [0.717, 1.165) is 53.0 Å². The number of aromatic nitrogens is 3. The van der Waals surface area contributed by atoms with Crippen LogP contribution < -0.4 is 21.8 Å². The van der Waals surface area contributed by atoms with Gasteiger partial charge in [0.2, 0.25) is 0 Å². The maximum absolute atomic E-state index is 11.9. The third-order valence-electron chi connectivity index (χ3n) is 6.06. The van der Waals surface area contributed by atoms with Gasteiger partial charge >= 0.3 is 7.12 Å².